The van der Waals surface area contributed by atoms with E-state index < -0.39 is 36.2 Å². The molecule has 0 bridgehead atoms. The van der Waals surface area contributed by atoms with Crippen molar-refractivity contribution in [2.75, 3.05) is 11.5 Å². The van der Waals surface area contributed by atoms with Crippen molar-refractivity contribution in [3.05, 3.63) is 29.3 Å². The molecule has 0 heterocycles. The maximum Gasteiger partial charge on any atom is 0.409 e. The molecule has 0 aliphatic carbocycles. The predicted molar refractivity (Wildman–Crippen MR) is 85.1 cm³/mol. The molecule has 0 aliphatic heterocycles. The highest BCUT2D eigenvalue weighted by atomic mass is 19.4. The van der Waals surface area contributed by atoms with E-state index in [1.54, 1.807) is 0 Å². The SMILES string of the molecule is CCOC(=O)[C@@H](C)N(C(=O)C(C(F)(F)F)C(F)(F)F)c1c(C)cccc1C. The lowest BCUT2D eigenvalue weighted by Crippen LogP contribution is -2.54. The van der Waals surface area contributed by atoms with Crippen molar-refractivity contribution in [2.24, 2.45) is 5.92 Å². The van der Waals surface area contributed by atoms with Crippen molar-refractivity contribution in [3.63, 3.8) is 0 Å². The van der Waals surface area contributed by atoms with E-state index in [-0.39, 0.29) is 28.3 Å². The summed E-state index contributed by atoms with van der Waals surface area (Å²) in [5.74, 6) is -7.66. The maximum atomic E-state index is 13.1. The Morgan fingerprint density at radius 3 is 1.85 bits per heavy atom. The number of amides is 1. The Hall–Kier alpha value is -2.26. The minimum Gasteiger partial charge on any atom is -0.464 e. The van der Waals surface area contributed by atoms with Crippen molar-refractivity contribution in [1.82, 2.24) is 0 Å². The van der Waals surface area contributed by atoms with E-state index in [1.807, 2.05) is 0 Å². The molecule has 1 rings (SSSR count). The number of benzene rings is 1. The van der Waals surface area contributed by atoms with Gasteiger partial charge in [-0.15, -0.1) is 0 Å². The first kappa shape index (κ1) is 22.8. The Kier molecular flexibility index (Phi) is 6.90. The smallest absolute Gasteiger partial charge is 0.409 e. The van der Waals surface area contributed by atoms with Gasteiger partial charge in [-0.05, 0) is 38.8 Å². The largest absolute Gasteiger partial charge is 0.464 e. The van der Waals surface area contributed by atoms with Crippen LogP contribution in [0.3, 0.4) is 0 Å². The minimum absolute atomic E-state index is 0.153. The molecule has 0 radical (unpaired) electrons. The third-order valence-electron chi connectivity index (χ3n) is 3.83. The molecule has 0 saturated heterocycles. The summed E-state index contributed by atoms with van der Waals surface area (Å²) in [5, 5.41) is 0. The summed E-state index contributed by atoms with van der Waals surface area (Å²) in [7, 11) is 0. The van der Waals surface area contributed by atoms with Crippen molar-refractivity contribution >= 4 is 17.6 Å². The number of ether oxygens (including phenoxy) is 1. The second-order valence-corrected chi connectivity index (χ2v) is 5.89. The zero-order chi connectivity index (χ0) is 21.2. The number of hydrogen-bond acceptors (Lipinski definition) is 3. The van der Waals surface area contributed by atoms with Crippen LogP contribution in [-0.2, 0) is 14.3 Å². The molecular weight excluding hydrogens is 380 g/mol. The number of para-hydroxylation sites is 1. The molecule has 0 saturated carbocycles. The summed E-state index contributed by atoms with van der Waals surface area (Å²) in [4.78, 5) is 24.7. The van der Waals surface area contributed by atoms with Crippen LogP contribution in [0.15, 0.2) is 18.2 Å². The fourth-order valence-electron chi connectivity index (χ4n) is 2.65. The van der Waals surface area contributed by atoms with E-state index in [1.165, 1.54) is 39.0 Å². The van der Waals surface area contributed by atoms with Gasteiger partial charge in [-0.3, -0.25) is 9.69 Å². The monoisotopic (exact) mass is 399 g/mol. The molecule has 0 aliphatic rings. The summed E-state index contributed by atoms with van der Waals surface area (Å²) in [6, 6.07) is 2.66. The van der Waals surface area contributed by atoms with Crippen molar-refractivity contribution in [3.8, 4) is 0 Å². The first-order valence-corrected chi connectivity index (χ1v) is 7.92. The van der Waals surface area contributed by atoms with Gasteiger partial charge >= 0.3 is 18.3 Å². The van der Waals surface area contributed by atoms with Crippen molar-refractivity contribution < 1.29 is 40.7 Å². The summed E-state index contributed by atoms with van der Waals surface area (Å²) in [6.07, 6.45) is -11.8. The molecule has 0 spiro atoms. The molecular formula is C17H19F6NO3. The van der Waals surface area contributed by atoms with Gasteiger partial charge in [0.2, 0.25) is 11.8 Å². The van der Waals surface area contributed by atoms with Gasteiger partial charge < -0.3 is 4.74 Å². The predicted octanol–water partition coefficient (Wildman–Crippen LogP) is 4.33. The standard InChI is InChI=1S/C17H19F6NO3/c1-5-27-15(26)11(4)24(12-9(2)7-6-8-10(12)3)14(25)13(16(18,19)20)17(21,22)23/h6-8,11,13H,5H2,1-4H3/t11-/m1/s1. The highest BCUT2D eigenvalue weighted by Crippen LogP contribution is 2.42. The number of halogens is 6. The van der Waals surface area contributed by atoms with E-state index in [0.717, 1.165) is 6.92 Å². The quantitative estimate of drug-likeness (QED) is 0.547. The van der Waals surface area contributed by atoms with E-state index in [2.05, 4.69) is 0 Å². The Morgan fingerprint density at radius 2 is 1.48 bits per heavy atom. The van der Waals surface area contributed by atoms with Crippen LogP contribution < -0.4 is 4.90 Å². The van der Waals surface area contributed by atoms with Crippen molar-refractivity contribution in [2.45, 2.75) is 46.1 Å². The van der Waals surface area contributed by atoms with E-state index >= 15 is 0 Å². The first-order chi connectivity index (χ1) is 12.2. The molecule has 10 heteroatoms. The number of carbonyl (C=O) groups excluding carboxylic acids is 2. The number of alkyl halides is 6. The average molecular weight is 399 g/mol. The number of aryl methyl sites for hydroxylation is 2. The molecule has 1 atom stereocenters. The fourth-order valence-corrected chi connectivity index (χ4v) is 2.65. The van der Waals surface area contributed by atoms with Crippen LogP contribution in [0.4, 0.5) is 32.0 Å². The van der Waals surface area contributed by atoms with Crippen LogP contribution in [0.25, 0.3) is 0 Å². The fraction of sp³-hybridized carbons (Fsp3) is 0.529. The molecule has 0 aromatic heterocycles. The Balaban J connectivity index is 3.63. The molecule has 1 aromatic rings. The third kappa shape index (κ3) is 5.14. The van der Waals surface area contributed by atoms with Gasteiger partial charge in [-0.25, -0.2) is 4.79 Å². The van der Waals surface area contributed by atoms with Crippen LogP contribution in [0.1, 0.15) is 25.0 Å². The van der Waals surface area contributed by atoms with E-state index in [4.69, 9.17) is 4.74 Å². The van der Waals surface area contributed by atoms with Gasteiger partial charge in [-0.2, -0.15) is 26.3 Å². The van der Waals surface area contributed by atoms with E-state index in [0.29, 0.717) is 0 Å². The lowest BCUT2D eigenvalue weighted by molar-refractivity contribution is -0.273. The molecule has 4 nitrogen and oxygen atoms in total. The Morgan fingerprint density at radius 1 is 1.04 bits per heavy atom. The number of esters is 1. The van der Waals surface area contributed by atoms with Crippen LogP contribution in [0.2, 0.25) is 0 Å². The normalized spacial score (nSPS) is 13.4. The van der Waals surface area contributed by atoms with E-state index in [9.17, 15) is 35.9 Å². The molecule has 1 aromatic carbocycles. The maximum absolute atomic E-state index is 13.1. The lowest BCUT2D eigenvalue weighted by atomic mass is 10.0. The third-order valence-corrected chi connectivity index (χ3v) is 3.83. The molecule has 0 unspecified atom stereocenters. The number of anilines is 1. The number of hydrogen-bond donors (Lipinski definition) is 0. The molecule has 1 amide bonds. The zero-order valence-electron chi connectivity index (χ0n) is 15.0. The van der Waals surface area contributed by atoms with Gasteiger partial charge in [0.05, 0.1) is 12.3 Å². The van der Waals surface area contributed by atoms with Gasteiger partial charge in [0, 0.05) is 0 Å². The Labute approximate surface area is 152 Å². The summed E-state index contributed by atoms with van der Waals surface area (Å²) < 4.78 is 83.1. The summed E-state index contributed by atoms with van der Waals surface area (Å²) in [5.41, 5.74) is 0.284. The number of rotatable bonds is 5. The highest BCUT2D eigenvalue weighted by molar-refractivity contribution is 6.02. The topological polar surface area (TPSA) is 46.6 Å². The highest BCUT2D eigenvalue weighted by Gasteiger charge is 2.63. The Bertz CT molecular complexity index is 665. The number of carbonyl (C=O) groups is 2. The second-order valence-electron chi connectivity index (χ2n) is 5.89. The van der Waals surface area contributed by atoms with Crippen LogP contribution in [-0.4, -0.2) is 36.9 Å². The molecule has 27 heavy (non-hydrogen) atoms. The molecule has 0 N–H and O–H groups in total. The van der Waals surface area contributed by atoms with Crippen LogP contribution in [0, 0.1) is 19.8 Å². The van der Waals surface area contributed by atoms with Crippen LogP contribution in [0.5, 0.6) is 0 Å². The van der Waals surface area contributed by atoms with Gasteiger partial charge in [0.15, 0.2) is 0 Å². The average Bonchev–Trinajstić information content (AvgIpc) is 2.47. The number of nitrogens with zero attached hydrogens (tertiary/aromatic N) is 1. The van der Waals surface area contributed by atoms with Crippen molar-refractivity contribution in [1.29, 1.82) is 0 Å². The second kappa shape index (κ2) is 8.18. The molecule has 0 fully saturated rings. The van der Waals surface area contributed by atoms with Gasteiger partial charge in [0.25, 0.3) is 0 Å². The summed E-state index contributed by atoms with van der Waals surface area (Å²) in [6.45, 7) is 5.11. The summed E-state index contributed by atoms with van der Waals surface area (Å²) >= 11 is 0. The van der Waals surface area contributed by atoms with Gasteiger partial charge in [0.1, 0.15) is 6.04 Å². The molecule has 152 valence electrons. The zero-order valence-corrected chi connectivity index (χ0v) is 15.0. The lowest BCUT2D eigenvalue weighted by Gasteiger charge is -2.34. The van der Waals surface area contributed by atoms with Crippen LogP contribution >= 0.6 is 0 Å². The van der Waals surface area contributed by atoms with Gasteiger partial charge in [-0.1, -0.05) is 18.2 Å². The minimum atomic E-state index is -5.88. The first-order valence-electron chi connectivity index (χ1n) is 7.92.